The zero-order valence-corrected chi connectivity index (χ0v) is 22.2. The van der Waals surface area contributed by atoms with Crippen molar-refractivity contribution in [1.29, 1.82) is 0 Å². The van der Waals surface area contributed by atoms with Crippen LogP contribution >= 0.6 is 11.6 Å². The van der Waals surface area contributed by atoms with Crippen LogP contribution in [0.2, 0.25) is 5.02 Å². The van der Waals surface area contributed by atoms with Crippen LogP contribution in [0.3, 0.4) is 0 Å². The first-order chi connectivity index (χ1) is 19.4. The smallest absolute Gasteiger partial charge is 0.320 e. The molecule has 0 aliphatic carbocycles. The Kier molecular flexibility index (Phi) is 6.67. The Morgan fingerprint density at radius 1 is 0.925 bits per heavy atom. The predicted octanol–water partition coefficient (Wildman–Crippen LogP) is 6.48. The molecule has 0 saturated carbocycles. The molecule has 2 aromatic carbocycles. The summed E-state index contributed by atoms with van der Waals surface area (Å²) in [6.07, 6.45) is 3.38. The summed E-state index contributed by atoms with van der Waals surface area (Å²) >= 11 is 6.63. The second-order valence-corrected chi connectivity index (χ2v) is 9.78. The number of halogens is 1. The van der Waals surface area contributed by atoms with Gasteiger partial charge in [-0.05, 0) is 54.4 Å². The number of hydrogen-bond acceptors (Lipinski definition) is 5. The number of fused-ring (bicyclic) bond motifs is 2. The fourth-order valence-corrected chi connectivity index (χ4v) is 4.80. The summed E-state index contributed by atoms with van der Waals surface area (Å²) in [4.78, 5) is 41.7. The van der Waals surface area contributed by atoms with E-state index in [0.717, 1.165) is 33.2 Å². The molecule has 0 aliphatic heterocycles. The summed E-state index contributed by atoms with van der Waals surface area (Å²) in [5, 5.41) is 7.55. The van der Waals surface area contributed by atoms with E-state index in [4.69, 9.17) is 16.6 Å². The SMILES string of the molecule is Cc1ccc(NC(=O)NCc2cc3cc(-c4cc(Cl)c5ncccc5c4)c(-c4ccccc4)nc3[nH]c2=O)nc1. The summed E-state index contributed by atoms with van der Waals surface area (Å²) in [6, 6.07) is 24.3. The highest BCUT2D eigenvalue weighted by Crippen LogP contribution is 2.36. The molecule has 6 rings (SSSR count). The second-order valence-electron chi connectivity index (χ2n) is 9.37. The number of hydrogen-bond donors (Lipinski definition) is 3. The van der Waals surface area contributed by atoms with Gasteiger partial charge in [0.25, 0.3) is 5.56 Å². The van der Waals surface area contributed by atoms with Crippen LogP contribution in [-0.4, -0.2) is 26.0 Å². The monoisotopic (exact) mass is 546 g/mol. The summed E-state index contributed by atoms with van der Waals surface area (Å²) < 4.78 is 0. The van der Waals surface area contributed by atoms with E-state index in [1.165, 1.54) is 0 Å². The summed E-state index contributed by atoms with van der Waals surface area (Å²) in [5.41, 5.74) is 5.53. The van der Waals surface area contributed by atoms with Crippen LogP contribution in [0, 0.1) is 6.92 Å². The van der Waals surface area contributed by atoms with Crippen molar-refractivity contribution in [1.82, 2.24) is 25.3 Å². The number of amides is 2. The van der Waals surface area contributed by atoms with Gasteiger partial charge in [0.05, 0.1) is 16.2 Å². The number of anilines is 1. The Hall–Kier alpha value is -5.08. The van der Waals surface area contributed by atoms with Crippen LogP contribution in [0.15, 0.2) is 96.1 Å². The van der Waals surface area contributed by atoms with Gasteiger partial charge in [-0.3, -0.25) is 15.1 Å². The highest BCUT2D eigenvalue weighted by Gasteiger charge is 2.16. The van der Waals surface area contributed by atoms with Crippen molar-refractivity contribution in [2.24, 2.45) is 0 Å². The fraction of sp³-hybridized carbons (Fsp3) is 0.0645. The molecule has 0 aliphatic rings. The molecule has 40 heavy (non-hydrogen) atoms. The number of pyridine rings is 4. The Morgan fingerprint density at radius 2 is 1.77 bits per heavy atom. The number of nitrogens with zero attached hydrogens (tertiary/aromatic N) is 3. The van der Waals surface area contributed by atoms with Gasteiger partial charge >= 0.3 is 6.03 Å². The number of benzene rings is 2. The number of rotatable bonds is 5. The molecule has 3 N–H and O–H groups in total. The van der Waals surface area contributed by atoms with E-state index in [0.29, 0.717) is 33.1 Å². The number of carbonyl (C=O) groups excluding carboxylic acids is 1. The van der Waals surface area contributed by atoms with Gasteiger partial charge in [-0.2, -0.15) is 0 Å². The second kappa shape index (κ2) is 10.6. The largest absolute Gasteiger partial charge is 0.334 e. The standard InChI is InChI=1S/C31H23ClN6O2/c1-18-9-10-26(34-16-18)36-31(40)35-17-23-13-22-14-24(21-12-20-8-5-11-33-28(20)25(32)15-21)27(19-6-3-2-4-7-19)37-29(22)38-30(23)39/h2-16H,17H2,1H3,(H,37,38,39)(H2,34,35,36,40). The van der Waals surface area contributed by atoms with E-state index < -0.39 is 6.03 Å². The van der Waals surface area contributed by atoms with Gasteiger partial charge in [0.1, 0.15) is 11.5 Å². The van der Waals surface area contributed by atoms with Crippen LogP contribution in [0.4, 0.5) is 10.6 Å². The quantitative estimate of drug-likeness (QED) is 0.229. The third-order valence-corrected chi connectivity index (χ3v) is 6.80. The number of carbonyl (C=O) groups is 1. The summed E-state index contributed by atoms with van der Waals surface area (Å²) in [6.45, 7) is 1.93. The van der Waals surface area contributed by atoms with Gasteiger partial charge in [-0.1, -0.05) is 54.1 Å². The Labute approximate surface area is 234 Å². The van der Waals surface area contributed by atoms with Crippen molar-refractivity contribution < 1.29 is 4.79 Å². The zero-order chi connectivity index (χ0) is 27.6. The molecule has 0 fully saturated rings. The molecule has 8 nitrogen and oxygen atoms in total. The Morgan fingerprint density at radius 3 is 2.58 bits per heavy atom. The molecule has 2 amide bonds. The molecule has 0 unspecified atom stereocenters. The molecule has 6 aromatic rings. The van der Waals surface area contributed by atoms with Crippen LogP contribution < -0.4 is 16.2 Å². The van der Waals surface area contributed by atoms with Crippen LogP contribution in [-0.2, 0) is 6.54 Å². The van der Waals surface area contributed by atoms with E-state index in [1.807, 2.05) is 73.7 Å². The Bertz CT molecular complexity index is 1940. The van der Waals surface area contributed by atoms with Gasteiger partial charge in [0.2, 0.25) is 0 Å². The number of H-pyrrole nitrogens is 1. The highest BCUT2D eigenvalue weighted by atomic mass is 35.5. The average Bonchev–Trinajstić information content (AvgIpc) is 2.97. The maximum Gasteiger partial charge on any atom is 0.320 e. The van der Waals surface area contributed by atoms with Crippen molar-refractivity contribution >= 4 is 45.4 Å². The Balaban J connectivity index is 1.39. The van der Waals surface area contributed by atoms with Gasteiger partial charge < -0.3 is 10.3 Å². The first kappa shape index (κ1) is 25.2. The molecular formula is C31H23ClN6O2. The predicted molar refractivity (Wildman–Crippen MR) is 158 cm³/mol. The lowest BCUT2D eigenvalue weighted by atomic mass is 9.96. The molecule has 196 valence electrons. The highest BCUT2D eigenvalue weighted by molar-refractivity contribution is 6.35. The topological polar surface area (TPSA) is 113 Å². The first-order valence-corrected chi connectivity index (χ1v) is 13.0. The van der Waals surface area contributed by atoms with E-state index in [9.17, 15) is 9.59 Å². The van der Waals surface area contributed by atoms with Crippen molar-refractivity contribution in [2.45, 2.75) is 13.5 Å². The molecular weight excluding hydrogens is 524 g/mol. The summed E-state index contributed by atoms with van der Waals surface area (Å²) in [5.74, 6) is 0.419. The van der Waals surface area contributed by atoms with E-state index in [2.05, 4.69) is 25.6 Å². The lowest BCUT2D eigenvalue weighted by molar-refractivity contribution is 0.251. The molecule has 0 bridgehead atoms. The minimum atomic E-state index is -0.464. The number of aryl methyl sites for hydroxylation is 1. The molecule has 0 spiro atoms. The average molecular weight is 547 g/mol. The first-order valence-electron chi connectivity index (χ1n) is 12.6. The van der Waals surface area contributed by atoms with E-state index >= 15 is 0 Å². The van der Waals surface area contributed by atoms with Crippen molar-refractivity contribution in [2.75, 3.05) is 5.32 Å². The van der Waals surface area contributed by atoms with Crippen molar-refractivity contribution in [3.05, 3.63) is 118 Å². The lowest BCUT2D eigenvalue weighted by Crippen LogP contribution is -2.31. The minimum Gasteiger partial charge on any atom is -0.334 e. The van der Waals surface area contributed by atoms with Crippen LogP contribution in [0.5, 0.6) is 0 Å². The molecule has 0 radical (unpaired) electrons. The van der Waals surface area contributed by atoms with Crippen molar-refractivity contribution in [3.8, 4) is 22.4 Å². The fourth-order valence-electron chi connectivity index (χ4n) is 4.53. The maximum absolute atomic E-state index is 12.9. The molecule has 0 saturated heterocycles. The molecule has 4 heterocycles. The van der Waals surface area contributed by atoms with Crippen molar-refractivity contribution in [3.63, 3.8) is 0 Å². The third-order valence-electron chi connectivity index (χ3n) is 6.51. The minimum absolute atomic E-state index is 0.0200. The number of aromatic amines is 1. The number of nitrogens with one attached hydrogen (secondary N) is 3. The van der Waals surface area contributed by atoms with E-state index in [-0.39, 0.29) is 12.1 Å². The lowest BCUT2D eigenvalue weighted by Gasteiger charge is -2.14. The number of aromatic nitrogens is 4. The van der Waals surface area contributed by atoms with Crippen LogP contribution in [0.1, 0.15) is 11.1 Å². The zero-order valence-electron chi connectivity index (χ0n) is 21.4. The normalized spacial score (nSPS) is 11.1. The number of urea groups is 1. The van der Waals surface area contributed by atoms with Gasteiger partial charge in [0, 0.05) is 46.4 Å². The molecule has 9 heteroatoms. The molecule has 4 aromatic heterocycles. The van der Waals surface area contributed by atoms with E-state index in [1.54, 1.807) is 24.5 Å². The molecule has 0 atom stereocenters. The third kappa shape index (κ3) is 5.12. The maximum atomic E-state index is 12.9. The van der Waals surface area contributed by atoms with Gasteiger partial charge in [-0.15, -0.1) is 0 Å². The summed E-state index contributed by atoms with van der Waals surface area (Å²) in [7, 11) is 0. The van der Waals surface area contributed by atoms with Gasteiger partial charge in [-0.25, -0.2) is 14.8 Å². The van der Waals surface area contributed by atoms with Crippen LogP contribution in [0.25, 0.3) is 44.3 Å². The van der Waals surface area contributed by atoms with Gasteiger partial charge in [0.15, 0.2) is 0 Å².